The predicted octanol–water partition coefficient (Wildman–Crippen LogP) is 4.12. The number of rotatable bonds is 3. The molecule has 4 nitrogen and oxygen atoms in total. The summed E-state index contributed by atoms with van der Waals surface area (Å²) in [6.07, 6.45) is 1.22. The lowest BCUT2D eigenvalue weighted by molar-refractivity contribution is 0.603. The number of hydrogen-bond donors (Lipinski definition) is 1. The second kappa shape index (κ2) is 5.46. The van der Waals surface area contributed by atoms with Crippen molar-refractivity contribution in [2.24, 2.45) is 0 Å². The molecule has 0 aliphatic carbocycles. The number of anilines is 1. The molecule has 0 amide bonds. The summed E-state index contributed by atoms with van der Waals surface area (Å²) in [5, 5.41) is 0. The lowest BCUT2D eigenvalue weighted by Crippen LogP contribution is -2.11. The zero-order chi connectivity index (χ0) is 13.3. The topological polar surface area (TPSA) is 59.1 Å². The van der Waals surface area contributed by atoms with Gasteiger partial charge < -0.3 is 0 Å². The van der Waals surface area contributed by atoms with Gasteiger partial charge in [0.05, 0.1) is 11.9 Å². The summed E-state index contributed by atoms with van der Waals surface area (Å²) in [6, 6.07) is 5.13. The van der Waals surface area contributed by atoms with Crippen LogP contribution >= 0.6 is 54.8 Å². The van der Waals surface area contributed by atoms with Crippen LogP contribution in [0, 0.1) is 0 Å². The number of nitrogens with one attached hydrogen (secondary N) is 1. The van der Waals surface area contributed by atoms with Gasteiger partial charge in [0.25, 0.3) is 10.0 Å². The van der Waals surface area contributed by atoms with Crippen LogP contribution in [0.5, 0.6) is 0 Å². The van der Waals surface area contributed by atoms with E-state index in [1.165, 1.54) is 6.20 Å². The fraction of sp³-hybridized carbons (Fsp3) is 0. The summed E-state index contributed by atoms with van der Waals surface area (Å²) in [6.45, 7) is 0. The quantitative estimate of drug-likeness (QED) is 0.794. The van der Waals surface area contributed by atoms with Gasteiger partial charge in [-0.05, 0) is 34.1 Å². The zero-order valence-electron chi connectivity index (χ0n) is 8.52. The summed E-state index contributed by atoms with van der Waals surface area (Å²) in [4.78, 5) is 3.71. The van der Waals surface area contributed by atoms with Crippen LogP contribution in [0.4, 0.5) is 5.69 Å². The van der Waals surface area contributed by atoms with Gasteiger partial charge in [0.2, 0.25) is 0 Å². The summed E-state index contributed by atoms with van der Waals surface area (Å²) >= 11 is 13.1. The second-order valence-electron chi connectivity index (χ2n) is 3.16. The number of benzene rings is 1. The van der Waals surface area contributed by atoms with Crippen LogP contribution in [0.2, 0.25) is 4.47 Å². The maximum absolute atomic E-state index is 12.0. The van der Waals surface area contributed by atoms with Crippen molar-refractivity contribution in [2.75, 3.05) is 4.72 Å². The Bertz CT molecular complexity index is 688. The number of thiazole rings is 1. The minimum atomic E-state index is -3.65. The van der Waals surface area contributed by atoms with Crippen molar-refractivity contribution in [1.29, 1.82) is 0 Å². The first kappa shape index (κ1) is 14.3. The van der Waals surface area contributed by atoms with Gasteiger partial charge in [-0.1, -0.05) is 38.9 Å². The molecule has 0 unspecified atom stereocenters. The molecule has 9 heteroatoms. The second-order valence-corrected chi connectivity index (χ2v) is 8.45. The average Bonchev–Trinajstić information content (AvgIpc) is 2.70. The monoisotopic (exact) mass is 430 g/mol. The van der Waals surface area contributed by atoms with Gasteiger partial charge in [0, 0.05) is 8.95 Å². The van der Waals surface area contributed by atoms with E-state index < -0.39 is 10.0 Å². The average molecular weight is 433 g/mol. The number of hydrogen-bond acceptors (Lipinski definition) is 4. The lowest BCUT2D eigenvalue weighted by Gasteiger charge is -2.08. The van der Waals surface area contributed by atoms with E-state index in [1.54, 1.807) is 18.2 Å². The van der Waals surface area contributed by atoms with Crippen LogP contribution in [0.1, 0.15) is 0 Å². The Morgan fingerprint density at radius 2 is 2.06 bits per heavy atom. The summed E-state index contributed by atoms with van der Waals surface area (Å²) < 4.78 is 28.2. The SMILES string of the molecule is O=S(=O)(Nc1ccc(Br)cc1Br)c1cnc(Cl)s1. The summed E-state index contributed by atoms with van der Waals surface area (Å²) in [5.74, 6) is 0. The molecule has 1 heterocycles. The van der Waals surface area contributed by atoms with Crippen molar-refractivity contribution in [3.63, 3.8) is 0 Å². The predicted molar refractivity (Wildman–Crippen MR) is 79.8 cm³/mol. The molecule has 2 rings (SSSR count). The number of aromatic nitrogens is 1. The minimum absolute atomic E-state index is 0.0716. The van der Waals surface area contributed by atoms with Crippen LogP contribution < -0.4 is 4.72 Å². The molecule has 0 fully saturated rings. The molecule has 1 N–H and O–H groups in total. The minimum Gasteiger partial charge on any atom is -0.278 e. The molecule has 0 atom stereocenters. The highest BCUT2D eigenvalue weighted by Crippen LogP contribution is 2.30. The van der Waals surface area contributed by atoms with Crippen molar-refractivity contribution >= 4 is 70.5 Å². The van der Waals surface area contributed by atoms with Gasteiger partial charge in [-0.25, -0.2) is 13.4 Å². The Morgan fingerprint density at radius 1 is 1.33 bits per heavy atom. The fourth-order valence-electron chi connectivity index (χ4n) is 1.13. The molecule has 0 spiro atoms. The Kier molecular flexibility index (Phi) is 4.32. The molecule has 0 bridgehead atoms. The van der Waals surface area contributed by atoms with E-state index in [0.29, 0.717) is 10.2 Å². The third-order valence-corrected chi connectivity index (χ3v) is 5.99. The zero-order valence-corrected chi connectivity index (χ0v) is 14.1. The van der Waals surface area contributed by atoms with Crippen molar-refractivity contribution < 1.29 is 8.42 Å². The first-order valence-corrected chi connectivity index (χ1v) is 8.74. The molecule has 1 aromatic heterocycles. The van der Waals surface area contributed by atoms with Gasteiger partial charge in [0.1, 0.15) is 0 Å². The van der Waals surface area contributed by atoms with Crippen molar-refractivity contribution in [3.05, 3.63) is 37.8 Å². The van der Waals surface area contributed by atoms with E-state index in [2.05, 4.69) is 41.6 Å². The smallest absolute Gasteiger partial charge is 0.273 e. The molecular formula is C9H5Br2ClN2O2S2. The van der Waals surface area contributed by atoms with E-state index in [4.69, 9.17) is 11.6 Å². The van der Waals surface area contributed by atoms with Crippen molar-refractivity contribution in [1.82, 2.24) is 4.98 Å². The van der Waals surface area contributed by atoms with Crippen LogP contribution in [-0.4, -0.2) is 13.4 Å². The van der Waals surface area contributed by atoms with E-state index in [0.717, 1.165) is 15.8 Å². The molecule has 96 valence electrons. The van der Waals surface area contributed by atoms with Crippen molar-refractivity contribution in [3.8, 4) is 0 Å². The van der Waals surface area contributed by atoms with E-state index in [-0.39, 0.29) is 8.68 Å². The molecule has 0 radical (unpaired) electrons. The first-order valence-electron chi connectivity index (χ1n) is 4.48. The van der Waals surface area contributed by atoms with Gasteiger partial charge in [-0.2, -0.15) is 0 Å². The highest BCUT2D eigenvalue weighted by Gasteiger charge is 2.18. The number of nitrogens with zero attached hydrogens (tertiary/aromatic N) is 1. The lowest BCUT2D eigenvalue weighted by atomic mass is 10.3. The molecule has 0 saturated carbocycles. The fourth-order valence-corrected chi connectivity index (χ4v) is 4.78. The Hall–Kier alpha value is -0.150. The highest BCUT2D eigenvalue weighted by atomic mass is 79.9. The Balaban J connectivity index is 2.33. The molecule has 1 aromatic carbocycles. The third kappa shape index (κ3) is 3.24. The normalized spacial score (nSPS) is 11.5. The molecule has 0 saturated heterocycles. The van der Waals surface area contributed by atoms with E-state index in [1.807, 2.05) is 0 Å². The van der Waals surface area contributed by atoms with E-state index >= 15 is 0 Å². The number of sulfonamides is 1. The van der Waals surface area contributed by atoms with Gasteiger partial charge in [0.15, 0.2) is 8.68 Å². The first-order chi connectivity index (χ1) is 8.38. The third-order valence-electron chi connectivity index (χ3n) is 1.90. The highest BCUT2D eigenvalue weighted by molar-refractivity contribution is 9.11. The summed E-state index contributed by atoms with van der Waals surface area (Å²) in [5.41, 5.74) is 0.447. The standard InChI is InChI=1S/C9H5Br2ClN2O2S2/c10-5-1-2-7(6(11)3-5)14-18(15,16)8-4-13-9(12)17-8/h1-4,14H. The molecular weight excluding hydrogens is 428 g/mol. The van der Waals surface area contributed by atoms with E-state index in [9.17, 15) is 8.42 Å². The van der Waals surface area contributed by atoms with Crippen LogP contribution in [0.3, 0.4) is 0 Å². The Morgan fingerprint density at radius 3 is 2.61 bits per heavy atom. The van der Waals surface area contributed by atoms with Crippen LogP contribution in [0.25, 0.3) is 0 Å². The molecule has 0 aliphatic rings. The number of halogens is 3. The summed E-state index contributed by atoms with van der Waals surface area (Å²) in [7, 11) is -3.65. The van der Waals surface area contributed by atoms with Crippen molar-refractivity contribution in [2.45, 2.75) is 4.21 Å². The van der Waals surface area contributed by atoms with Gasteiger partial charge in [-0.15, -0.1) is 0 Å². The molecule has 18 heavy (non-hydrogen) atoms. The van der Waals surface area contributed by atoms with Crippen LogP contribution in [-0.2, 0) is 10.0 Å². The van der Waals surface area contributed by atoms with Crippen LogP contribution in [0.15, 0.2) is 37.6 Å². The van der Waals surface area contributed by atoms with Gasteiger partial charge in [-0.3, -0.25) is 4.72 Å². The molecule has 0 aliphatic heterocycles. The maximum Gasteiger partial charge on any atom is 0.273 e. The largest absolute Gasteiger partial charge is 0.278 e. The molecule has 2 aromatic rings. The maximum atomic E-state index is 12.0. The van der Waals surface area contributed by atoms with Gasteiger partial charge >= 0.3 is 0 Å². The Labute approximate surface area is 130 Å².